The maximum absolute atomic E-state index is 12.7. The number of aromatic nitrogens is 1. The Morgan fingerprint density at radius 1 is 1.43 bits per heavy atom. The van der Waals surface area contributed by atoms with E-state index in [1.807, 2.05) is 0 Å². The van der Waals surface area contributed by atoms with Gasteiger partial charge in [0, 0.05) is 13.0 Å². The zero-order chi connectivity index (χ0) is 15.6. The summed E-state index contributed by atoms with van der Waals surface area (Å²) in [7, 11) is 0. The van der Waals surface area contributed by atoms with Crippen molar-refractivity contribution in [1.82, 2.24) is 9.88 Å². The second-order valence-electron chi connectivity index (χ2n) is 4.64. The van der Waals surface area contributed by atoms with E-state index in [1.54, 1.807) is 0 Å². The van der Waals surface area contributed by atoms with Gasteiger partial charge in [-0.25, -0.2) is 9.37 Å². The Hall–Kier alpha value is -2.19. The summed E-state index contributed by atoms with van der Waals surface area (Å²) in [6, 6.07) is 2.30. The molecule has 0 bridgehead atoms. The highest BCUT2D eigenvalue weighted by atomic mass is 19.4. The Bertz CT molecular complexity index is 544. The molecule has 1 N–H and O–H groups in total. The number of hydrogen-bond acceptors (Lipinski definition) is 3. The molecular formula is C12H11F4N3O2. The van der Waals surface area contributed by atoms with E-state index in [0.717, 1.165) is 12.3 Å². The van der Waals surface area contributed by atoms with Crippen LogP contribution in [-0.4, -0.2) is 41.0 Å². The van der Waals surface area contributed by atoms with Gasteiger partial charge in [0.2, 0.25) is 11.8 Å². The molecule has 0 unspecified atom stereocenters. The number of rotatable bonds is 3. The number of carbonyl (C=O) groups is 2. The molecule has 1 fully saturated rings. The number of anilines is 1. The summed E-state index contributed by atoms with van der Waals surface area (Å²) in [6.45, 7) is -1.67. The predicted molar refractivity (Wildman–Crippen MR) is 63.6 cm³/mol. The highest BCUT2D eigenvalue weighted by molar-refractivity contribution is 5.96. The minimum atomic E-state index is -4.50. The molecule has 0 saturated carbocycles. The molecule has 21 heavy (non-hydrogen) atoms. The first-order valence-electron chi connectivity index (χ1n) is 6.01. The number of amides is 2. The minimum Gasteiger partial charge on any atom is -0.333 e. The van der Waals surface area contributed by atoms with Gasteiger partial charge in [-0.3, -0.25) is 9.59 Å². The number of nitrogens with one attached hydrogen (secondary N) is 1. The average molecular weight is 305 g/mol. The van der Waals surface area contributed by atoms with Crippen LogP contribution in [0.3, 0.4) is 0 Å². The Balaban J connectivity index is 1.95. The van der Waals surface area contributed by atoms with Crippen LogP contribution in [0.1, 0.15) is 6.42 Å². The summed E-state index contributed by atoms with van der Waals surface area (Å²) in [6.07, 6.45) is -3.89. The first-order valence-corrected chi connectivity index (χ1v) is 6.01. The van der Waals surface area contributed by atoms with Crippen LogP contribution in [0.2, 0.25) is 0 Å². The topological polar surface area (TPSA) is 62.3 Å². The van der Waals surface area contributed by atoms with Crippen LogP contribution in [0.15, 0.2) is 18.3 Å². The van der Waals surface area contributed by atoms with Crippen molar-refractivity contribution in [3.63, 3.8) is 0 Å². The van der Waals surface area contributed by atoms with Crippen LogP contribution in [-0.2, 0) is 9.59 Å². The van der Waals surface area contributed by atoms with Crippen LogP contribution in [0, 0.1) is 11.7 Å². The molecule has 5 nitrogen and oxygen atoms in total. The van der Waals surface area contributed by atoms with E-state index in [0.29, 0.717) is 4.90 Å². The zero-order valence-electron chi connectivity index (χ0n) is 10.7. The third-order valence-corrected chi connectivity index (χ3v) is 2.93. The Labute approximate surface area is 116 Å². The highest BCUT2D eigenvalue weighted by Gasteiger charge is 2.40. The molecule has 114 valence electrons. The van der Waals surface area contributed by atoms with E-state index < -0.39 is 36.3 Å². The van der Waals surface area contributed by atoms with Crippen molar-refractivity contribution < 1.29 is 27.2 Å². The van der Waals surface area contributed by atoms with Gasteiger partial charge in [0.25, 0.3) is 0 Å². The lowest BCUT2D eigenvalue weighted by molar-refractivity contribution is -0.157. The van der Waals surface area contributed by atoms with Crippen LogP contribution < -0.4 is 5.32 Å². The summed E-state index contributed by atoms with van der Waals surface area (Å²) in [5.74, 6) is -2.73. The van der Waals surface area contributed by atoms with Crippen LogP contribution in [0.5, 0.6) is 0 Å². The van der Waals surface area contributed by atoms with E-state index in [9.17, 15) is 27.2 Å². The van der Waals surface area contributed by atoms with Gasteiger partial charge in [0.1, 0.15) is 18.2 Å². The summed E-state index contributed by atoms with van der Waals surface area (Å²) in [5.41, 5.74) is 0. The number of pyridine rings is 1. The summed E-state index contributed by atoms with van der Waals surface area (Å²) in [4.78, 5) is 27.5. The van der Waals surface area contributed by atoms with Gasteiger partial charge in [-0.2, -0.15) is 13.2 Å². The predicted octanol–water partition coefficient (Wildman–Crippen LogP) is 1.57. The monoisotopic (exact) mass is 305 g/mol. The maximum Gasteiger partial charge on any atom is 0.406 e. The van der Waals surface area contributed by atoms with Crippen molar-refractivity contribution in [3.8, 4) is 0 Å². The molecule has 0 spiro atoms. The normalized spacial score (nSPS) is 19.0. The first kappa shape index (κ1) is 15.2. The number of hydrogen-bond donors (Lipinski definition) is 1. The Morgan fingerprint density at radius 2 is 2.14 bits per heavy atom. The van der Waals surface area contributed by atoms with Crippen LogP contribution in [0.25, 0.3) is 0 Å². The molecule has 2 amide bonds. The Morgan fingerprint density at radius 3 is 2.71 bits per heavy atom. The molecule has 0 aromatic carbocycles. The molecular weight excluding hydrogens is 294 g/mol. The van der Waals surface area contributed by atoms with Gasteiger partial charge < -0.3 is 10.2 Å². The molecule has 2 heterocycles. The van der Waals surface area contributed by atoms with E-state index in [2.05, 4.69) is 10.3 Å². The number of alkyl halides is 3. The first-order chi connectivity index (χ1) is 9.74. The van der Waals surface area contributed by atoms with E-state index in [1.165, 1.54) is 6.07 Å². The second kappa shape index (κ2) is 5.66. The van der Waals surface area contributed by atoms with Gasteiger partial charge in [-0.1, -0.05) is 0 Å². The van der Waals surface area contributed by atoms with Crippen molar-refractivity contribution in [2.45, 2.75) is 12.6 Å². The lowest BCUT2D eigenvalue weighted by atomic mass is 10.1. The van der Waals surface area contributed by atoms with Gasteiger partial charge >= 0.3 is 6.18 Å². The van der Waals surface area contributed by atoms with Crippen molar-refractivity contribution in [1.29, 1.82) is 0 Å². The highest BCUT2D eigenvalue weighted by Crippen LogP contribution is 2.24. The fourth-order valence-corrected chi connectivity index (χ4v) is 2.00. The molecule has 1 aliphatic rings. The van der Waals surface area contributed by atoms with Gasteiger partial charge in [-0.15, -0.1) is 0 Å². The molecule has 1 aromatic rings. The van der Waals surface area contributed by atoms with E-state index >= 15 is 0 Å². The largest absolute Gasteiger partial charge is 0.406 e. The van der Waals surface area contributed by atoms with E-state index in [-0.39, 0.29) is 18.8 Å². The lowest BCUT2D eigenvalue weighted by Crippen LogP contribution is -2.36. The number of nitrogens with zero attached hydrogens (tertiary/aromatic N) is 2. The van der Waals surface area contributed by atoms with E-state index in [4.69, 9.17) is 0 Å². The second-order valence-corrected chi connectivity index (χ2v) is 4.64. The number of likely N-dealkylation sites (tertiary alicyclic amines) is 1. The van der Waals surface area contributed by atoms with Crippen molar-refractivity contribution >= 4 is 17.6 Å². The molecule has 1 aromatic heterocycles. The van der Waals surface area contributed by atoms with Gasteiger partial charge in [0.15, 0.2) is 0 Å². The standard InChI is InChI=1S/C12H11F4N3O2/c13-8-1-2-9(17-4-8)18-11(21)7-3-10(20)19(5-7)6-12(14,15)16/h1-2,4,7H,3,5-6H2,(H,17,18,21)/t7-/m1/s1. The minimum absolute atomic E-state index is 0.0723. The quantitative estimate of drug-likeness (QED) is 0.862. The number of carbonyl (C=O) groups excluding carboxylic acids is 2. The summed E-state index contributed by atoms with van der Waals surface area (Å²) in [5, 5.41) is 2.34. The molecule has 0 radical (unpaired) electrons. The molecule has 1 saturated heterocycles. The van der Waals surface area contributed by atoms with Crippen LogP contribution >= 0.6 is 0 Å². The number of halogens is 4. The third kappa shape index (κ3) is 4.14. The summed E-state index contributed by atoms with van der Waals surface area (Å²) < 4.78 is 49.4. The van der Waals surface area contributed by atoms with Gasteiger partial charge in [-0.05, 0) is 12.1 Å². The molecule has 1 atom stereocenters. The lowest BCUT2D eigenvalue weighted by Gasteiger charge is -2.18. The van der Waals surface area contributed by atoms with Crippen molar-refractivity contribution in [2.75, 3.05) is 18.4 Å². The molecule has 1 aliphatic heterocycles. The van der Waals surface area contributed by atoms with Gasteiger partial charge in [0.05, 0.1) is 12.1 Å². The smallest absolute Gasteiger partial charge is 0.333 e. The molecule has 2 rings (SSSR count). The van der Waals surface area contributed by atoms with Crippen LogP contribution in [0.4, 0.5) is 23.4 Å². The maximum atomic E-state index is 12.7. The van der Waals surface area contributed by atoms with Crippen molar-refractivity contribution in [2.24, 2.45) is 5.92 Å². The zero-order valence-corrected chi connectivity index (χ0v) is 10.7. The fraction of sp³-hybridized carbons (Fsp3) is 0.417. The third-order valence-electron chi connectivity index (χ3n) is 2.93. The van der Waals surface area contributed by atoms with Crippen molar-refractivity contribution in [3.05, 3.63) is 24.1 Å². The fourth-order valence-electron chi connectivity index (χ4n) is 2.00. The Kier molecular flexibility index (Phi) is 4.10. The molecule has 0 aliphatic carbocycles. The summed E-state index contributed by atoms with van der Waals surface area (Å²) >= 11 is 0. The molecule has 9 heteroatoms. The average Bonchev–Trinajstić information content (AvgIpc) is 2.72. The SMILES string of the molecule is O=C(Nc1ccc(F)cn1)[C@@H]1CC(=O)N(CC(F)(F)F)C1.